The Bertz CT molecular complexity index is 518. The normalized spacial score (nSPS) is 27.8. The van der Waals surface area contributed by atoms with E-state index in [2.05, 4.69) is 11.9 Å². The Labute approximate surface area is 122 Å². The van der Waals surface area contributed by atoms with Crippen LogP contribution in [0.5, 0.6) is 5.75 Å². The Morgan fingerprint density at radius 3 is 3.00 bits per heavy atom. The molecular formula is C14H18N2OS2. The lowest BCUT2D eigenvalue weighted by Gasteiger charge is -2.21. The highest BCUT2D eigenvalue weighted by Crippen LogP contribution is 2.36. The second-order valence-corrected chi connectivity index (χ2v) is 7.26. The van der Waals surface area contributed by atoms with Crippen LogP contribution in [0.4, 0.5) is 0 Å². The average Bonchev–Trinajstić information content (AvgIpc) is 3.01. The molecule has 19 heavy (non-hydrogen) atoms. The molecule has 2 heterocycles. The van der Waals surface area contributed by atoms with E-state index in [1.165, 1.54) is 5.75 Å². The van der Waals surface area contributed by atoms with Crippen LogP contribution < -0.4 is 0 Å². The van der Waals surface area contributed by atoms with Crippen LogP contribution in [0.3, 0.4) is 0 Å². The van der Waals surface area contributed by atoms with Crippen molar-refractivity contribution in [2.45, 2.75) is 18.3 Å². The van der Waals surface area contributed by atoms with Gasteiger partial charge >= 0.3 is 0 Å². The summed E-state index contributed by atoms with van der Waals surface area (Å²) in [5.74, 6) is 2.59. The zero-order valence-electron chi connectivity index (χ0n) is 11.2. The smallest absolute Gasteiger partial charge is 0.128 e. The summed E-state index contributed by atoms with van der Waals surface area (Å²) in [6, 6.07) is 6.22. The number of para-hydroxylation sites is 1. The third-order valence-electron chi connectivity index (χ3n) is 3.64. The van der Waals surface area contributed by atoms with E-state index in [9.17, 15) is 5.11 Å². The van der Waals surface area contributed by atoms with Crippen LogP contribution in [-0.2, 0) is 0 Å². The zero-order chi connectivity index (χ0) is 13.4. The van der Waals surface area contributed by atoms with Gasteiger partial charge in [0.15, 0.2) is 0 Å². The maximum atomic E-state index is 10.2. The van der Waals surface area contributed by atoms with Crippen LogP contribution in [0, 0.1) is 6.92 Å². The number of hydrogen-bond acceptors (Lipinski definition) is 5. The Balaban J connectivity index is 1.85. The molecule has 0 unspecified atom stereocenters. The maximum absolute atomic E-state index is 10.2. The lowest BCUT2D eigenvalue weighted by atomic mass is 10.1. The first-order valence-electron chi connectivity index (χ1n) is 6.48. The van der Waals surface area contributed by atoms with E-state index in [-0.39, 0.29) is 0 Å². The van der Waals surface area contributed by atoms with Crippen molar-refractivity contribution in [1.29, 1.82) is 0 Å². The summed E-state index contributed by atoms with van der Waals surface area (Å²) < 4.78 is 0. The van der Waals surface area contributed by atoms with Gasteiger partial charge in [0.25, 0.3) is 0 Å². The third kappa shape index (κ3) is 2.51. The van der Waals surface area contributed by atoms with Gasteiger partial charge in [-0.2, -0.15) is 0 Å². The van der Waals surface area contributed by atoms with Crippen molar-refractivity contribution in [1.82, 2.24) is 4.90 Å². The largest absolute Gasteiger partial charge is 0.507 e. The molecule has 0 aromatic heterocycles. The number of thioether (sulfide) groups is 2. The van der Waals surface area contributed by atoms with E-state index in [0.29, 0.717) is 17.2 Å². The summed E-state index contributed by atoms with van der Waals surface area (Å²) >= 11 is 3.76. The first-order chi connectivity index (χ1) is 9.16. The van der Waals surface area contributed by atoms with Gasteiger partial charge in [0.2, 0.25) is 0 Å². The minimum atomic E-state index is 0.345. The second kappa shape index (κ2) is 5.38. The quantitative estimate of drug-likeness (QED) is 0.909. The van der Waals surface area contributed by atoms with Gasteiger partial charge in [-0.3, -0.25) is 9.89 Å². The molecule has 1 aromatic carbocycles. The molecule has 102 valence electrons. The van der Waals surface area contributed by atoms with Crippen LogP contribution in [0.25, 0.3) is 0 Å². The van der Waals surface area contributed by atoms with Crippen LogP contribution in [0.1, 0.15) is 11.1 Å². The Morgan fingerprint density at radius 1 is 1.42 bits per heavy atom. The van der Waals surface area contributed by atoms with Crippen molar-refractivity contribution in [3.8, 4) is 5.75 Å². The van der Waals surface area contributed by atoms with Gasteiger partial charge in [-0.05, 0) is 25.6 Å². The van der Waals surface area contributed by atoms with Gasteiger partial charge in [0.05, 0.1) is 11.4 Å². The van der Waals surface area contributed by atoms with E-state index in [1.807, 2.05) is 36.9 Å². The number of benzene rings is 1. The van der Waals surface area contributed by atoms with Gasteiger partial charge in [0, 0.05) is 23.6 Å². The number of phenols is 1. The Hall–Kier alpha value is -0.650. The number of nitrogens with zero attached hydrogens (tertiary/aromatic N) is 2. The van der Waals surface area contributed by atoms with Crippen LogP contribution in [0.15, 0.2) is 23.2 Å². The molecule has 1 aromatic rings. The van der Waals surface area contributed by atoms with E-state index in [4.69, 9.17) is 4.99 Å². The molecule has 0 saturated carbocycles. The molecular weight excluding hydrogens is 276 g/mol. The number of phenolic OH excluding ortho intramolecular Hbond substituents is 1. The summed E-state index contributed by atoms with van der Waals surface area (Å²) in [4.78, 5) is 7.24. The molecule has 0 aliphatic carbocycles. The predicted octanol–water partition coefficient (Wildman–Crippen LogP) is 2.57. The zero-order valence-corrected chi connectivity index (χ0v) is 12.8. The van der Waals surface area contributed by atoms with Crippen molar-refractivity contribution < 1.29 is 5.11 Å². The lowest BCUT2D eigenvalue weighted by molar-refractivity contribution is 0.328. The van der Waals surface area contributed by atoms with Crippen molar-refractivity contribution in [2.75, 3.05) is 25.1 Å². The number of hydrogen-bond donors (Lipinski definition) is 1. The fraction of sp³-hybridized carbons (Fsp3) is 0.500. The summed E-state index contributed by atoms with van der Waals surface area (Å²) in [6.07, 6.45) is 0. The molecule has 2 aliphatic heterocycles. The Morgan fingerprint density at radius 2 is 2.26 bits per heavy atom. The van der Waals surface area contributed by atoms with Crippen LogP contribution in [0.2, 0.25) is 0 Å². The van der Waals surface area contributed by atoms with Crippen LogP contribution in [-0.4, -0.2) is 51.6 Å². The third-order valence-corrected chi connectivity index (χ3v) is 6.18. The molecule has 0 bridgehead atoms. The van der Waals surface area contributed by atoms with Crippen molar-refractivity contribution in [2.24, 2.45) is 4.99 Å². The molecule has 2 atom stereocenters. The molecule has 0 spiro atoms. The average molecular weight is 294 g/mol. The fourth-order valence-electron chi connectivity index (χ4n) is 2.49. The van der Waals surface area contributed by atoms with Crippen molar-refractivity contribution in [3.05, 3.63) is 29.3 Å². The van der Waals surface area contributed by atoms with E-state index < -0.39 is 0 Å². The monoisotopic (exact) mass is 294 g/mol. The van der Waals surface area contributed by atoms with E-state index in [1.54, 1.807) is 11.8 Å². The first kappa shape index (κ1) is 13.3. The highest BCUT2D eigenvalue weighted by Gasteiger charge is 2.33. The second-order valence-electron chi connectivity index (χ2n) is 5.03. The maximum Gasteiger partial charge on any atom is 0.128 e. The summed E-state index contributed by atoms with van der Waals surface area (Å²) in [6.45, 7) is 3.08. The highest BCUT2D eigenvalue weighted by atomic mass is 32.2. The van der Waals surface area contributed by atoms with E-state index >= 15 is 0 Å². The van der Waals surface area contributed by atoms with E-state index in [0.717, 1.165) is 28.5 Å². The standard InChI is InChI=1S/C14H18N2OS2/c1-9-4-3-5-10(12(9)17)13-15-11(8-19-13)14-16(2)6-7-18-14/h3-5,11,14,17H,6-8H2,1-2H3/t11-,14-/m1/s1. The number of aromatic hydroxyl groups is 1. The van der Waals surface area contributed by atoms with Crippen LogP contribution >= 0.6 is 23.5 Å². The minimum absolute atomic E-state index is 0.345. The number of aliphatic imine (C=N–C) groups is 1. The Kier molecular flexibility index (Phi) is 3.78. The molecule has 2 aliphatic rings. The predicted molar refractivity (Wildman–Crippen MR) is 84.5 cm³/mol. The summed E-state index contributed by atoms with van der Waals surface area (Å²) in [5.41, 5.74) is 1.80. The molecule has 1 fully saturated rings. The molecule has 1 saturated heterocycles. The molecule has 3 nitrogen and oxygen atoms in total. The van der Waals surface area contributed by atoms with Crippen molar-refractivity contribution >= 4 is 28.6 Å². The van der Waals surface area contributed by atoms with Gasteiger partial charge < -0.3 is 5.11 Å². The molecule has 1 N–H and O–H groups in total. The topological polar surface area (TPSA) is 35.8 Å². The molecule has 3 rings (SSSR count). The number of rotatable bonds is 2. The molecule has 0 radical (unpaired) electrons. The van der Waals surface area contributed by atoms with Crippen molar-refractivity contribution in [3.63, 3.8) is 0 Å². The summed E-state index contributed by atoms with van der Waals surface area (Å²) in [7, 11) is 2.17. The summed E-state index contributed by atoms with van der Waals surface area (Å²) in [5, 5.41) is 11.6. The number of likely N-dealkylation sites (N-methyl/N-ethyl adjacent to an activating group) is 1. The SMILES string of the molecule is Cc1cccc(C2=N[C@@H]([C@H]3SCCN3C)CS2)c1O. The highest BCUT2D eigenvalue weighted by molar-refractivity contribution is 8.14. The van der Waals surface area contributed by atoms with Gasteiger partial charge in [-0.25, -0.2) is 0 Å². The van der Waals surface area contributed by atoms with Gasteiger partial charge in [-0.15, -0.1) is 23.5 Å². The molecule has 0 amide bonds. The minimum Gasteiger partial charge on any atom is -0.507 e. The van der Waals surface area contributed by atoms with Gasteiger partial charge in [0.1, 0.15) is 10.8 Å². The first-order valence-corrected chi connectivity index (χ1v) is 8.51. The molecule has 5 heteroatoms. The lowest BCUT2D eigenvalue weighted by Crippen LogP contribution is -2.33. The number of aryl methyl sites for hydroxylation is 1. The van der Waals surface area contributed by atoms with Gasteiger partial charge in [-0.1, -0.05) is 12.1 Å². The fourth-order valence-corrected chi connectivity index (χ4v) is 5.10.